The Kier molecular flexibility index (Phi) is 2.27. The lowest BCUT2D eigenvalue weighted by atomic mass is 10.3. The molecule has 0 aliphatic rings. The largest absolute Gasteiger partial charge is 0.271 e. The molecule has 3 nitrogen and oxygen atoms in total. The summed E-state index contributed by atoms with van der Waals surface area (Å²) in [7, 11) is 0. The van der Waals surface area contributed by atoms with Gasteiger partial charge in [0, 0.05) is 6.20 Å². The Balaban J connectivity index is 2.67. The fourth-order valence-electron chi connectivity index (χ4n) is 0.896. The van der Waals surface area contributed by atoms with Crippen LogP contribution in [0.3, 0.4) is 0 Å². The average Bonchev–Trinajstić information content (AvgIpc) is 2.28. The second-order valence-electron chi connectivity index (χ2n) is 2.57. The highest BCUT2D eigenvalue weighted by molar-refractivity contribution is 5.12. The quantitative estimate of drug-likeness (QED) is 0.638. The Hall–Kier alpha value is -1.30. The molecule has 0 saturated carbocycles. The Morgan fingerprint density at radius 1 is 1.64 bits per heavy atom. The van der Waals surface area contributed by atoms with Crippen LogP contribution in [0.15, 0.2) is 6.20 Å². The van der Waals surface area contributed by atoms with Crippen molar-refractivity contribution in [1.82, 2.24) is 9.78 Å². The van der Waals surface area contributed by atoms with Crippen LogP contribution in [0.25, 0.3) is 0 Å². The number of nitriles is 1. The summed E-state index contributed by atoms with van der Waals surface area (Å²) in [6.07, 6.45) is 2.49. The zero-order valence-corrected chi connectivity index (χ0v) is 6.83. The fourth-order valence-corrected chi connectivity index (χ4v) is 0.896. The Morgan fingerprint density at radius 3 is 2.82 bits per heavy atom. The van der Waals surface area contributed by atoms with E-state index < -0.39 is 0 Å². The molecule has 1 heterocycles. The van der Waals surface area contributed by atoms with Crippen molar-refractivity contribution in [1.29, 1.82) is 5.26 Å². The monoisotopic (exact) mass is 149 g/mol. The first-order valence-corrected chi connectivity index (χ1v) is 3.61. The average molecular weight is 149 g/mol. The minimum atomic E-state index is 0.528. The summed E-state index contributed by atoms with van der Waals surface area (Å²) in [4.78, 5) is 0. The first kappa shape index (κ1) is 7.80. The zero-order valence-electron chi connectivity index (χ0n) is 6.83. The molecule has 0 amide bonds. The maximum atomic E-state index is 8.31. The van der Waals surface area contributed by atoms with Gasteiger partial charge in [0.05, 0.1) is 24.7 Å². The van der Waals surface area contributed by atoms with Crippen molar-refractivity contribution in [3.63, 3.8) is 0 Å². The Morgan fingerprint density at radius 2 is 2.36 bits per heavy atom. The second kappa shape index (κ2) is 3.20. The van der Waals surface area contributed by atoms with Crippen LogP contribution in [0.1, 0.15) is 17.7 Å². The van der Waals surface area contributed by atoms with Crippen LogP contribution >= 0.6 is 0 Å². The van der Waals surface area contributed by atoms with E-state index in [0.717, 1.165) is 5.69 Å². The zero-order chi connectivity index (χ0) is 8.27. The van der Waals surface area contributed by atoms with Gasteiger partial charge in [0.2, 0.25) is 0 Å². The molecule has 0 bridgehead atoms. The van der Waals surface area contributed by atoms with E-state index in [1.165, 1.54) is 5.56 Å². The van der Waals surface area contributed by atoms with Gasteiger partial charge < -0.3 is 0 Å². The maximum absolute atomic E-state index is 8.31. The summed E-state index contributed by atoms with van der Waals surface area (Å²) >= 11 is 0. The van der Waals surface area contributed by atoms with Gasteiger partial charge in [-0.15, -0.1) is 0 Å². The summed E-state index contributed by atoms with van der Waals surface area (Å²) in [5.41, 5.74) is 2.23. The van der Waals surface area contributed by atoms with Gasteiger partial charge in [-0.2, -0.15) is 10.4 Å². The van der Waals surface area contributed by atoms with Crippen LogP contribution in [0, 0.1) is 25.2 Å². The van der Waals surface area contributed by atoms with Gasteiger partial charge in [-0.05, 0) is 19.4 Å². The highest BCUT2D eigenvalue weighted by atomic mass is 15.3. The lowest BCUT2D eigenvalue weighted by Gasteiger charge is -1.92. The van der Waals surface area contributed by atoms with Crippen LogP contribution in [0.5, 0.6) is 0 Å². The van der Waals surface area contributed by atoms with Crippen LogP contribution in [-0.4, -0.2) is 9.78 Å². The van der Waals surface area contributed by atoms with Gasteiger partial charge in [-0.3, -0.25) is 4.68 Å². The number of aromatic nitrogens is 2. The molecule has 0 aromatic carbocycles. The van der Waals surface area contributed by atoms with Crippen molar-refractivity contribution in [3.05, 3.63) is 17.5 Å². The predicted octanol–water partition coefficient (Wildman–Crippen LogP) is 1.41. The minimum Gasteiger partial charge on any atom is -0.271 e. The van der Waals surface area contributed by atoms with E-state index >= 15 is 0 Å². The van der Waals surface area contributed by atoms with Crippen LogP contribution in [0.4, 0.5) is 0 Å². The van der Waals surface area contributed by atoms with Crippen LogP contribution < -0.4 is 0 Å². The van der Waals surface area contributed by atoms with Crippen molar-refractivity contribution in [2.45, 2.75) is 26.8 Å². The van der Waals surface area contributed by atoms with Gasteiger partial charge in [0.1, 0.15) is 0 Å². The van der Waals surface area contributed by atoms with Crippen molar-refractivity contribution < 1.29 is 0 Å². The van der Waals surface area contributed by atoms with E-state index in [1.54, 1.807) is 0 Å². The Bertz CT molecular complexity index is 261. The molecule has 0 aliphatic carbocycles. The van der Waals surface area contributed by atoms with Crippen molar-refractivity contribution in [2.75, 3.05) is 0 Å². The normalized spacial score (nSPS) is 9.55. The topological polar surface area (TPSA) is 41.6 Å². The second-order valence-corrected chi connectivity index (χ2v) is 2.57. The van der Waals surface area contributed by atoms with E-state index in [2.05, 4.69) is 11.2 Å². The van der Waals surface area contributed by atoms with Gasteiger partial charge in [0.15, 0.2) is 0 Å². The summed E-state index contributed by atoms with van der Waals surface area (Å²) in [6.45, 7) is 4.69. The number of rotatable bonds is 2. The third kappa shape index (κ3) is 1.81. The summed E-state index contributed by atoms with van der Waals surface area (Å²) in [5, 5.41) is 12.5. The van der Waals surface area contributed by atoms with E-state index in [4.69, 9.17) is 5.26 Å². The smallest absolute Gasteiger partial charge is 0.0641 e. The first-order valence-electron chi connectivity index (χ1n) is 3.61. The van der Waals surface area contributed by atoms with E-state index in [0.29, 0.717) is 13.0 Å². The first-order chi connectivity index (χ1) is 5.24. The lowest BCUT2D eigenvalue weighted by molar-refractivity contribution is 0.622. The van der Waals surface area contributed by atoms with Crippen LogP contribution in [-0.2, 0) is 6.54 Å². The minimum absolute atomic E-state index is 0.528. The highest BCUT2D eigenvalue weighted by Crippen LogP contribution is 2.02. The highest BCUT2D eigenvalue weighted by Gasteiger charge is 1.97. The molecule has 0 fully saturated rings. The maximum Gasteiger partial charge on any atom is 0.0641 e. The molecule has 0 radical (unpaired) electrons. The molecule has 11 heavy (non-hydrogen) atoms. The fraction of sp³-hybridized carbons (Fsp3) is 0.500. The molecular weight excluding hydrogens is 138 g/mol. The van der Waals surface area contributed by atoms with Gasteiger partial charge in [-0.1, -0.05) is 0 Å². The summed E-state index contributed by atoms with van der Waals surface area (Å²) in [5.74, 6) is 0. The van der Waals surface area contributed by atoms with E-state index in [1.807, 2.05) is 24.7 Å². The number of nitrogens with zero attached hydrogens (tertiary/aromatic N) is 3. The summed E-state index contributed by atoms with van der Waals surface area (Å²) < 4.78 is 1.81. The molecule has 0 aliphatic heterocycles. The third-order valence-corrected chi connectivity index (χ3v) is 1.64. The molecule has 0 spiro atoms. The van der Waals surface area contributed by atoms with Gasteiger partial charge >= 0.3 is 0 Å². The molecule has 0 saturated heterocycles. The number of aryl methyl sites for hydroxylation is 3. The van der Waals surface area contributed by atoms with Crippen molar-refractivity contribution in [3.8, 4) is 6.07 Å². The SMILES string of the molecule is Cc1cn(CCC#N)nc1C. The molecule has 0 atom stereocenters. The molecule has 1 rings (SSSR count). The lowest BCUT2D eigenvalue weighted by Crippen LogP contribution is -1.97. The van der Waals surface area contributed by atoms with Gasteiger partial charge in [0.25, 0.3) is 0 Å². The standard InChI is InChI=1S/C8H11N3/c1-7-6-11(5-3-4-9)10-8(7)2/h6H,3,5H2,1-2H3. The molecule has 0 N–H and O–H groups in total. The van der Waals surface area contributed by atoms with Crippen molar-refractivity contribution >= 4 is 0 Å². The molecule has 1 aromatic rings. The Labute approximate surface area is 66.3 Å². The number of hydrogen-bond acceptors (Lipinski definition) is 2. The third-order valence-electron chi connectivity index (χ3n) is 1.64. The summed E-state index contributed by atoms with van der Waals surface area (Å²) in [6, 6.07) is 2.08. The van der Waals surface area contributed by atoms with Gasteiger partial charge in [-0.25, -0.2) is 0 Å². The van der Waals surface area contributed by atoms with E-state index in [9.17, 15) is 0 Å². The predicted molar refractivity (Wildman–Crippen MR) is 41.9 cm³/mol. The molecule has 58 valence electrons. The molecule has 3 heteroatoms. The number of hydrogen-bond donors (Lipinski definition) is 0. The molecular formula is C8H11N3. The molecule has 0 unspecified atom stereocenters. The van der Waals surface area contributed by atoms with Crippen LogP contribution in [0.2, 0.25) is 0 Å². The molecule has 1 aromatic heterocycles. The van der Waals surface area contributed by atoms with Crippen molar-refractivity contribution in [2.24, 2.45) is 0 Å². The van der Waals surface area contributed by atoms with E-state index in [-0.39, 0.29) is 0 Å².